The molecule has 1 unspecified atom stereocenters. The van der Waals surface area contributed by atoms with Crippen LogP contribution >= 0.6 is 15.9 Å². The second-order valence-electron chi connectivity index (χ2n) is 7.76. The Morgan fingerprint density at radius 3 is 2.66 bits per heavy atom. The number of nitrogens with zero attached hydrogens (tertiary/aromatic N) is 3. The zero-order chi connectivity index (χ0) is 22.2. The maximum Gasteiger partial charge on any atom is 0.124 e. The van der Waals surface area contributed by atoms with Gasteiger partial charge in [0.1, 0.15) is 18.5 Å². The maximum absolute atomic E-state index is 6.23. The average molecular weight is 490 g/mol. The van der Waals surface area contributed by atoms with Gasteiger partial charge in [-0.15, -0.1) is 0 Å². The number of benzene rings is 2. The van der Waals surface area contributed by atoms with E-state index in [9.17, 15) is 0 Å². The Bertz CT molecular complexity index is 1050. The van der Waals surface area contributed by atoms with Crippen LogP contribution in [0.3, 0.4) is 0 Å². The molecule has 32 heavy (non-hydrogen) atoms. The minimum Gasteiger partial charge on any atom is -0.489 e. The van der Waals surface area contributed by atoms with Crippen LogP contribution in [0.2, 0.25) is 0 Å². The van der Waals surface area contributed by atoms with E-state index in [1.54, 1.807) is 0 Å². The lowest BCUT2D eigenvalue weighted by Gasteiger charge is -2.38. The summed E-state index contributed by atoms with van der Waals surface area (Å²) in [5, 5.41) is 0. The number of hydrogen-bond donors (Lipinski definition) is 0. The fraction of sp³-hybridized carbons (Fsp3) is 0.222. The Hall–Kier alpha value is -2.89. The Morgan fingerprint density at radius 1 is 1.03 bits per heavy atom. The molecule has 4 rings (SSSR count). The number of rotatable bonds is 9. The number of halogens is 1. The summed E-state index contributed by atoms with van der Waals surface area (Å²) in [6, 6.07) is 20.7. The molecule has 0 aliphatic carbocycles. The van der Waals surface area contributed by atoms with Crippen molar-refractivity contribution in [2.45, 2.75) is 32.8 Å². The van der Waals surface area contributed by atoms with E-state index in [-0.39, 0.29) is 6.17 Å². The van der Waals surface area contributed by atoms with Gasteiger partial charge in [-0.1, -0.05) is 65.3 Å². The molecular weight excluding hydrogens is 462 g/mol. The van der Waals surface area contributed by atoms with E-state index in [0.29, 0.717) is 6.61 Å². The molecule has 5 heteroatoms. The first-order chi connectivity index (χ1) is 15.7. The summed E-state index contributed by atoms with van der Waals surface area (Å²) >= 11 is 3.64. The molecule has 0 radical (unpaired) electrons. The van der Waals surface area contributed by atoms with Crippen LogP contribution in [0.15, 0.2) is 102 Å². The van der Waals surface area contributed by atoms with Crippen molar-refractivity contribution in [2.24, 2.45) is 0 Å². The lowest BCUT2D eigenvalue weighted by molar-refractivity contribution is 0.102. The fourth-order valence-corrected chi connectivity index (χ4v) is 4.27. The van der Waals surface area contributed by atoms with Crippen molar-refractivity contribution in [1.29, 1.82) is 0 Å². The fourth-order valence-electron chi connectivity index (χ4n) is 3.86. The summed E-state index contributed by atoms with van der Waals surface area (Å²) in [5.41, 5.74) is 3.53. The summed E-state index contributed by atoms with van der Waals surface area (Å²) in [5.74, 6) is 0.921. The largest absolute Gasteiger partial charge is 0.489 e. The molecule has 3 aromatic rings. The number of hydrogen-bond acceptors (Lipinski definition) is 4. The predicted octanol–water partition coefficient (Wildman–Crippen LogP) is 6.16. The van der Waals surface area contributed by atoms with Gasteiger partial charge in [0.05, 0.1) is 0 Å². The normalized spacial score (nSPS) is 15.3. The van der Waals surface area contributed by atoms with Gasteiger partial charge in [-0.25, -0.2) is 0 Å². The second kappa shape index (κ2) is 11.1. The van der Waals surface area contributed by atoms with Crippen molar-refractivity contribution in [3.63, 3.8) is 0 Å². The lowest BCUT2D eigenvalue weighted by Crippen LogP contribution is -2.45. The summed E-state index contributed by atoms with van der Waals surface area (Å²) < 4.78 is 7.29. The van der Waals surface area contributed by atoms with E-state index < -0.39 is 0 Å². The third kappa shape index (κ3) is 5.87. The Balaban J connectivity index is 1.51. The summed E-state index contributed by atoms with van der Waals surface area (Å²) in [6.45, 7) is 5.27. The van der Waals surface area contributed by atoms with Crippen LogP contribution in [0.5, 0.6) is 5.75 Å². The van der Waals surface area contributed by atoms with Crippen LogP contribution in [-0.4, -0.2) is 27.5 Å². The van der Waals surface area contributed by atoms with Crippen LogP contribution < -0.4 is 4.74 Å². The highest BCUT2D eigenvalue weighted by Crippen LogP contribution is 2.27. The highest BCUT2D eigenvalue weighted by atomic mass is 79.9. The topological polar surface area (TPSA) is 28.6 Å². The zero-order valence-electron chi connectivity index (χ0n) is 18.3. The molecule has 0 bridgehead atoms. The highest BCUT2D eigenvalue weighted by Gasteiger charge is 2.23. The predicted molar refractivity (Wildman–Crippen MR) is 133 cm³/mol. The van der Waals surface area contributed by atoms with Crippen LogP contribution in [0, 0.1) is 0 Å². The molecule has 4 nitrogen and oxygen atoms in total. The summed E-state index contributed by atoms with van der Waals surface area (Å²) in [4.78, 5) is 9.07. The smallest absolute Gasteiger partial charge is 0.124 e. The van der Waals surface area contributed by atoms with E-state index in [2.05, 4.69) is 92.4 Å². The van der Waals surface area contributed by atoms with E-state index in [1.165, 1.54) is 11.1 Å². The Morgan fingerprint density at radius 2 is 1.88 bits per heavy atom. The molecule has 2 aromatic carbocycles. The van der Waals surface area contributed by atoms with Gasteiger partial charge < -0.3 is 9.64 Å². The summed E-state index contributed by atoms with van der Waals surface area (Å²) in [7, 11) is 0. The zero-order valence-corrected chi connectivity index (χ0v) is 19.9. The molecule has 0 fully saturated rings. The molecule has 0 saturated heterocycles. The van der Waals surface area contributed by atoms with Crippen molar-refractivity contribution < 1.29 is 4.74 Å². The minimum atomic E-state index is 0.158. The lowest BCUT2D eigenvalue weighted by atomic mass is 10.1. The molecular formula is C27H28BrN3O. The molecule has 0 spiro atoms. The first-order valence-corrected chi connectivity index (χ1v) is 11.7. The molecule has 2 heterocycles. The van der Waals surface area contributed by atoms with Crippen molar-refractivity contribution >= 4 is 15.9 Å². The number of pyridine rings is 1. The molecule has 0 N–H and O–H groups in total. The average Bonchev–Trinajstić information content (AvgIpc) is 2.84. The molecule has 1 aromatic heterocycles. The first-order valence-electron chi connectivity index (χ1n) is 10.9. The van der Waals surface area contributed by atoms with E-state index in [4.69, 9.17) is 4.74 Å². The third-order valence-electron chi connectivity index (χ3n) is 5.51. The standard InChI is InChI=1S/C27H28BrN3O/c1-2-30(27-12-6-7-16-31(27)19-23-11-8-15-29-18-23)20-24-17-25(28)13-14-26(24)32-21-22-9-4-3-5-10-22/h3-18,27H,2,19-21H2,1H3. The number of allylic oxidation sites excluding steroid dienone is 2. The minimum absolute atomic E-state index is 0.158. The molecule has 1 aliphatic heterocycles. The quantitative estimate of drug-likeness (QED) is 0.360. The van der Waals surface area contributed by atoms with Crippen molar-refractivity contribution in [3.8, 4) is 5.75 Å². The summed E-state index contributed by atoms with van der Waals surface area (Å²) in [6.07, 6.45) is 12.5. The van der Waals surface area contributed by atoms with Crippen molar-refractivity contribution in [2.75, 3.05) is 6.54 Å². The first kappa shape index (κ1) is 22.3. The van der Waals surface area contributed by atoms with E-state index >= 15 is 0 Å². The monoisotopic (exact) mass is 489 g/mol. The van der Waals surface area contributed by atoms with Crippen LogP contribution in [0.25, 0.3) is 0 Å². The molecule has 1 aliphatic rings. The van der Waals surface area contributed by atoms with Gasteiger partial charge in [-0.2, -0.15) is 0 Å². The highest BCUT2D eigenvalue weighted by molar-refractivity contribution is 9.10. The number of aromatic nitrogens is 1. The number of ether oxygens (including phenoxy) is 1. The van der Waals surface area contributed by atoms with Crippen LogP contribution in [0.1, 0.15) is 23.6 Å². The van der Waals surface area contributed by atoms with Crippen molar-refractivity contribution in [1.82, 2.24) is 14.8 Å². The van der Waals surface area contributed by atoms with Gasteiger partial charge in [0.2, 0.25) is 0 Å². The molecule has 0 saturated carbocycles. The van der Waals surface area contributed by atoms with E-state index in [1.807, 2.05) is 42.7 Å². The third-order valence-corrected chi connectivity index (χ3v) is 6.01. The number of likely N-dealkylation sites (N-methyl/N-ethyl adjacent to an activating group) is 1. The van der Waals surface area contributed by atoms with Crippen molar-refractivity contribution in [3.05, 3.63) is 119 Å². The van der Waals surface area contributed by atoms with Gasteiger partial charge in [0.25, 0.3) is 0 Å². The van der Waals surface area contributed by atoms with Crippen LogP contribution in [-0.2, 0) is 19.7 Å². The second-order valence-corrected chi connectivity index (χ2v) is 8.68. The Labute approximate surface area is 199 Å². The van der Waals surface area contributed by atoms with Gasteiger partial charge in [-0.3, -0.25) is 9.88 Å². The molecule has 1 atom stereocenters. The van der Waals surface area contributed by atoms with Gasteiger partial charge in [0, 0.05) is 41.7 Å². The van der Waals surface area contributed by atoms with Gasteiger partial charge >= 0.3 is 0 Å². The SMILES string of the molecule is CCN(Cc1cc(Br)ccc1OCc1ccccc1)C1C=CC=CN1Cc1cccnc1. The van der Waals surface area contributed by atoms with E-state index in [0.717, 1.165) is 35.4 Å². The molecule has 164 valence electrons. The van der Waals surface area contributed by atoms with Gasteiger partial charge in [0.15, 0.2) is 0 Å². The molecule has 0 amide bonds. The maximum atomic E-state index is 6.23. The van der Waals surface area contributed by atoms with Crippen LogP contribution in [0.4, 0.5) is 0 Å². The Kier molecular flexibility index (Phi) is 7.75. The van der Waals surface area contributed by atoms with Gasteiger partial charge in [-0.05, 0) is 54.1 Å².